The average Bonchev–Trinajstić information content (AvgIpc) is 2.93. The zero-order chi connectivity index (χ0) is 30.4. The fourth-order valence-electron chi connectivity index (χ4n) is 3.33. The smallest absolute Gasteiger partial charge is 0.328 e. The van der Waals surface area contributed by atoms with Crippen LogP contribution in [0.1, 0.15) is 18.1 Å². The van der Waals surface area contributed by atoms with E-state index in [1.54, 1.807) is 18.2 Å². The Morgan fingerprint density at radius 1 is 1.12 bits per heavy atom. The Morgan fingerprint density at radius 3 is 2.41 bits per heavy atom. The molecule has 0 radical (unpaired) electrons. The van der Waals surface area contributed by atoms with Gasteiger partial charge in [0.15, 0.2) is 0 Å². The SMILES string of the molecule is C#Cc1cccc(Nc2c(C#N)cnc3cc(OCC)c(NC(=O)C=CCN(C)C)cc23)c1.O=C(O)/C=C\C(=O)O. The summed E-state index contributed by atoms with van der Waals surface area (Å²) in [5.41, 5.74) is 3.49. The van der Waals surface area contributed by atoms with Crippen molar-refractivity contribution in [1.29, 1.82) is 5.26 Å². The van der Waals surface area contributed by atoms with Crippen molar-refractivity contribution in [2.24, 2.45) is 0 Å². The molecule has 0 fully saturated rings. The van der Waals surface area contributed by atoms with Crippen LogP contribution in [0.25, 0.3) is 10.9 Å². The summed E-state index contributed by atoms with van der Waals surface area (Å²) in [5, 5.41) is 32.1. The number of terminal acetylenes is 1. The van der Waals surface area contributed by atoms with E-state index in [0.29, 0.717) is 64.5 Å². The van der Waals surface area contributed by atoms with Crippen LogP contribution < -0.4 is 15.4 Å². The van der Waals surface area contributed by atoms with E-state index < -0.39 is 11.9 Å². The summed E-state index contributed by atoms with van der Waals surface area (Å²) < 4.78 is 5.74. The monoisotopic (exact) mass is 555 g/mol. The highest BCUT2D eigenvalue weighted by atomic mass is 16.5. The maximum atomic E-state index is 12.5. The van der Waals surface area contributed by atoms with Gasteiger partial charge in [-0.2, -0.15) is 5.26 Å². The van der Waals surface area contributed by atoms with Gasteiger partial charge < -0.3 is 30.5 Å². The van der Waals surface area contributed by atoms with Gasteiger partial charge in [0.2, 0.25) is 5.91 Å². The lowest BCUT2D eigenvalue weighted by Gasteiger charge is -2.16. The van der Waals surface area contributed by atoms with Crippen molar-refractivity contribution in [1.82, 2.24) is 9.88 Å². The molecule has 3 rings (SSSR count). The van der Waals surface area contributed by atoms with E-state index in [9.17, 15) is 19.6 Å². The summed E-state index contributed by atoms with van der Waals surface area (Å²) in [6.45, 7) is 2.93. The van der Waals surface area contributed by atoms with Crippen molar-refractivity contribution in [2.75, 3.05) is 37.9 Å². The van der Waals surface area contributed by atoms with Crippen LogP contribution in [-0.2, 0) is 14.4 Å². The molecule has 0 bridgehead atoms. The van der Waals surface area contributed by atoms with Crippen LogP contribution in [0.3, 0.4) is 0 Å². The van der Waals surface area contributed by atoms with Gasteiger partial charge in [-0.3, -0.25) is 9.78 Å². The van der Waals surface area contributed by atoms with E-state index in [-0.39, 0.29) is 5.91 Å². The lowest BCUT2D eigenvalue weighted by molar-refractivity contribution is -0.134. The Kier molecular flexibility index (Phi) is 12.1. The highest BCUT2D eigenvalue weighted by Crippen LogP contribution is 2.36. The molecule has 11 heteroatoms. The zero-order valence-corrected chi connectivity index (χ0v) is 22.7. The minimum absolute atomic E-state index is 0.280. The second-order valence-electron chi connectivity index (χ2n) is 8.47. The van der Waals surface area contributed by atoms with E-state index >= 15 is 0 Å². The van der Waals surface area contributed by atoms with Gasteiger partial charge in [-0.25, -0.2) is 9.59 Å². The topological polar surface area (TPSA) is 165 Å². The third-order valence-electron chi connectivity index (χ3n) is 5.05. The van der Waals surface area contributed by atoms with E-state index in [0.717, 1.165) is 5.69 Å². The van der Waals surface area contributed by atoms with Gasteiger partial charge >= 0.3 is 11.9 Å². The number of likely N-dealkylation sites (N-methyl/N-ethyl adjacent to an activating group) is 1. The van der Waals surface area contributed by atoms with Crippen molar-refractivity contribution < 1.29 is 29.3 Å². The number of amides is 1. The van der Waals surface area contributed by atoms with Crippen LogP contribution in [0.15, 0.2) is 66.9 Å². The number of nitrogens with zero attached hydrogens (tertiary/aromatic N) is 3. The van der Waals surface area contributed by atoms with Crippen LogP contribution >= 0.6 is 0 Å². The third-order valence-corrected chi connectivity index (χ3v) is 5.05. The molecule has 0 saturated heterocycles. The first-order valence-electron chi connectivity index (χ1n) is 12.2. The fourth-order valence-corrected chi connectivity index (χ4v) is 3.33. The summed E-state index contributed by atoms with van der Waals surface area (Å²) >= 11 is 0. The predicted octanol–water partition coefficient (Wildman–Crippen LogP) is 4.00. The molecule has 0 aliphatic carbocycles. The van der Waals surface area contributed by atoms with Crippen LogP contribution in [0.2, 0.25) is 0 Å². The van der Waals surface area contributed by atoms with Crippen molar-refractivity contribution >= 4 is 45.8 Å². The molecule has 11 nitrogen and oxygen atoms in total. The number of fused-ring (bicyclic) bond motifs is 1. The molecule has 0 unspecified atom stereocenters. The largest absolute Gasteiger partial charge is 0.492 e. The minimum Gasteiger partial charge on any atom is -0.492 e. The van der Waals surface area contributed by atoms with E-state index in [4.69, 9.17) is 21.4 Å². The number of carbonyl (C=O) groups is 3. The van der Waals surface area contributed by atoms with Gasteiger partial charge in [0.25, 0.3) is 0 Å². The second-order valence-corrected chi connectivity index (χ2v) is 8.47. The molecule has 1 heterocycles. The molecule has 0 aliphatic heterocycles. The van der Waals surface area contributed by atoms with Gasteiger partial charge in [0, 0.05) is 53.7 Å². The fraction of sp³-hybridized carbons (Fsp3) is 0.167. The predicted molar refractivity (Wildman–Crippen MR) is 156 cm³/mol. The number of rotatable bonds is 10. The molecule has 2 aromatic carbocycles. The van der Waals surface area contributed by atoms with Crippen molar-refractivity contribution in [3.8, 4) is 24.2 Å². The molecule has 3 aromatic rings. The second kappa shape index (κ2) is 15.7. The lowest BCUT2D eigenvalue weighted by atomic mass is 10.1. The number of carboxylic acid groups (broad SMARTS) is 2. The molecule has 0 atom stereocenters. The molecule has 41 heavy (non-hydrogen) atoms. The van der Waals surface area contributed by atoms with Crippen LogP contribution in [0.4, 0.5) is 17.1 Å². The summed E-state index contributed by atoms with van der Waals surface area (Å²) in [5.74, 6) is 0.307. The van der Waals surface area contributed by atoms with E-state index in [2.05, 4.69) is 27.6 Å². The number of hydrogen-bond acceptors (Lipinski definition) is 8. The first-order chi connectivity index (χ1) is 19.6. The van der Waals surface area contributed by atoms with Gasteiger partial charge in [-0.05, 0) is 45.3 Å². The van der Waals surface area contributed by atoms with Crippen LogP contribution in [0, 0.1) is 23.7 Å². The number of nitrogens with one attached hydrogen (secondary N) is 2. The summed E-state index contributed by atoms with van der Waals surface area (Å²) in [4.78, 5) is 38.0. The Labute approximate surface area is 237 Å². The number of benzene rings is 2. The molecule has 0 spiro atoms. The molecule has 1 amide bonds. The van der Waals surface area contributed by atoms with Crippen LogP contribution in [-0.4, -0.2) is 65.2 Å². The normalized spacial score (nSPS) is 10.5. The Hall–Kier alpha value is -5.65. The maximum absolute atomic E-state index is 12.5. The van der Waals surface area contributed by atoms with Crippen LogP contribution in [0.5, 0.6) is 5.75 Å². The van der Waals surface area contributed by atoms with E-state index in [1.807, 2.05) is 50.2 Å². The Bertz CT molecular complexity index is 1550. The molecular formula is C30H29N5O6. The highest BCUT2D eigenvalue weighted by Gasteiger charge is 2.15. The maximum Gasteiger partial charge on any atom is 0.328 e. The summed E-state index contributed by atoms with van der Waals surface area (Å²) in [6.07, 6.45) is 11.4. The van der Waals surface area contributed by atoms with Gasteiger partial charge in [0.1, 0.15) is 11.8 Å². The number of pyridine rings is 1. The summed E-state index contributed by atoms with van der Waals surface area (Å²) in [7, 11) is 3.85. The average molecular weight is 556 g/mol. The number of aliphatic carboxylic acids is 2. The van der Waals surface area contributed by atoms with Gasteiger partial charge in [-0.1, -0.05) is 18.1 Å². The third kappa shape index (κ3) is 10.2. The molecule has 210 valence electrons. The van der Waals surface area contributed by atoms with Crippen molar-refractivity contribution in [3.05, 3.63) is 78.0 Å². The first-order valence-corrected chi connectivity index (χ1v) is 12.2. The number of ether oxygens (including phenoxy) is 1. The first kappa shape index (κ1) is 31.6. The number of hydrogen-bond donors (Lipinski definition) is 4. The number of aromatic nitrogens is 1. The number of nitriles is 1. The number of carboxylic acids is 2. The van der Waals surface area contributed by atoms with E-state index in [1.165, 1.54) is 12.3 Å². The molecule has 1 aromatic heterocycles. The highest BCUT2D eigenvalue weighted by molar-refractivity contribution is 6.04. The van der Waals surface area contributed by atoms with Crippen molar-refractivity contribution in [2.45, 2.75) is 6.92 Å². The zero-order valence-electron chi connectivity index (χ0n) is 22.7. The lowest BCUT2D eigenvalue weighted by Crippen LogP contribution is -2.13. The number of anilines is 3. The molecule has 4 N–H and O–H groups in total. The summed E-state index contributed by atoms with van der Waals surface area (Å²) in [6, 6.07) is 13.0. The molecular weight excluding hydrogens is 526 g/mol. The van der Waals surface area contributed by atoms with Gasteiger partial charge in [0.05, 0.1) is 29.1 Å². The minimum atomic E-state index is -1.26. The molecule has 0 saturated carbocycles. The van der Waals surface area contributed by atoms with Crippen molar-refractivity contribution in [3.63, 3.8) is 0 Å². The number of carbonyl (C=O) groups excluding carboxylic acids is 1. The quantitative estimate of drug-likeness (QED) is 0.212. The molecule has 0 aliphatic rings. The Balaban J connectivity index is 0.000000642. The Morgan fingerprint density at radius 2 is 1.83 bits per heavy atom. The standard InChI is InChI=1S/C26H25N5O2.C4H4O4/c1-5-18-9-7-10-20(13-18)29-26-19(16-27)17-28-22-15-24(33-6-2)23(14-21(22)26)30-25(32)11-8-12-31(3)4;5-3(6)1-2-4(7)8/h1,7-11,13-15,17H,6,12H2,2-4H3,(H,28,29)(H,30,32);1-2H,(H,5,6)(H,7,8)/b;2-1-. The van der Waals surface area contributed by atoms with Gasteiger partial charge in [-0.15, -0.1) is 6.42 Å².